The number of hydrogen-bond donors (Lipinski definition) is 1. The lowest BCUT2D eigenvalue weighted by Crippen LogP contribution is -2.39. The lowest BCUT2D eigenvalue weighted by atomic mass is 10.0. The van der Waals surface area contributed by atoms with E-state index in [9.17, 15) is 0 Å². The van der Waals surface area contributed by atoms with Crippen molar-refractivity contribution in [3.05, 3.63) is 18.2 Å². The van der Waals surface area contributed by atoms with E-state index in [-0.39, 0.29) is 0 Å². The molecule has 0 bridgehead atoms. The van der Waals surface area contributed by atoms with Crippen molar-refractivity contribution in [2.24, 2.45) is 5.92 Å². The fourth-order valence-electron chi connectivity index (χ4n) is 5.67. The first-order valence-corrected chi connectivity index (χ1v) is 16.7. The summed E-state index contributed by atoms with van der Waals surface area (Å²) in [6, 6.07) is 0.634. The molecule has 0 radical (unpaired) electrons. The molecule has 1 atom stereocenters. The van der Waals surface area contributed by atoms with Crippen molar-refractivity contribution >= 4 is 0 Å². The van der Waals surface area contributed by atoms with Gasteiger partial charge in [-0.3, -0.25) is 0 Å². The number of nitrogens with one attached hydrogen (secondary N) is 1. The quantitative estimate of drug-likeness (QED) is 0.0909. The summed E-state index contributed by atoms with van der Waals surface area (Å²) in [5, 5.41) is 0. The molecule has 0 fully saturated rings. The van der Waals surface area contributed by atoms with Gasteiger partial charge in [0, 0.05) is 6.42 Å². The number of imidazole rings is 1. The number of H-pyrrole nitrogens is 1. The Labute approximate surface area is 227 Å². The summed E-state index contributed by atoms with van der Waals surface area (Å²) < 4.78 is 2.52. The minimum atomic E-state index is 0.634. The zero-order chi connectivity index (χ0) is 26.1. The Kier molecular flexibility index (Phi) is 22.7. The summed E-state index contributed by atoms with van der Waals surface area (Å²) in [6.45, 7) is 9.40. The van der Waals surface area contributed by atoms with Crippen LogP contribution in [0.5, 0.6) is 0 Å². The van der Waals surface area contributed by atoms with Crippen LogP contribution in [0.1, 0.15) is 194 Å². The van der Waals surface area contributed by atoms with E-state index in [1.165, 1.54) is 166 Å². The van der Waals surface area contributed by atoms with Gasteiger partial charge in [-0.15, -0.1) is 0 Å². The molecule has 0 aliphatic carbocycles. The summed E-state index contributed by atoms with van der Waals surface area (Å²) in [4.78, 5) is 3.54. The third-order valence-corrected chi connectivity index (χ3v) is 8.19. The second-order valence-electron chi connectivity index (χ2n) is 12.3. The lowest BCUT2D eigenvalue weighted by Gasteiger charge is -2.10. The van der Waals surface area contributed by atoms with E-state index in [0.29, 0.717) is 6.04 Å². The minimum absolute atomic E-state index is 0.634. The maximum Gasteiger partial charge on any atom is 0.254 e. The van der Waals surface area contributed by atoms with Gasteiger partial charge in [0.2, 0.25) is 0 Å². The number of aromatic amines is 1. The number of rotatable bonds is 27. The topological polar surface area (TPSA) is 19.7 Å². The fraction of sp³-hybridized carbons (Fsp3) is 0.912. The van der Waals surface area contributed by atoms with E-state index in [2.05, 4.69) is 49.6 Å². The molecule has 0 amide bonds. The van der Waals surface area contributed by atoms with Crippen molar-refractivity contribution in [2.45, 2.75) is 194 Å². The molecule has 2 nitrogen and oxygen atoms in total. The monoisotopic (exact) mass is 504 g/mol. The number of nitrogens with zero attached hydrogens (tertiary/aromatic N) is 1. The number of unbranched alkanes of at least 4 members (excludes halogenated alkanes) is 20. The predicted molar refractivity (Wildman–Crippen MR) is 161 cm³/mol. The van der Waals surface area contributed by atoms with Crippen LogP contribution in [0.3, 0.4) is 0 Å². The van der Waals surface area contributed by atoms with Gasteiger partial charge in [-0.05, 0) is 32.1 Å². The van der Waals surface area contributed by atoms with Crippen LogP contribution in [0.25, 0.3) is 0 Å². The molecule has 1 aromatic rings. The molecule has 0 saturated carbocycles. The van der Waals surface area contributed by atoms with E-state index in [1.54, 1.807) is 0 Å². The highest BCUT2D eigenvalue weighted by atomic mass is 15.1. The SMILES string of the molecule is CCCCCCCCCCCCCCCCC(C)[n+]1cc[nH]c1CCCCCCCCCCC(C)C. The molecule has 0 spiro atoms. The molecule has 1 rings (SSSR count). The lowest BCUT2D eigenvalue weighted by molar-refractivity contribution is -0.726. The first-order chi connectivity index (χ1) is 17.6. The Morgan fingerprint density at radius 1 is 0.556 bits per heavy atom. The normalized spacial score (nSPS) is 12.6. The average Bonchev–Trinajstić information content (AvgIpc) is 3.33. The Bertz CT molecular complexity index is 561. The van der Waals surface area contributed by atoms with Gasteiger partial charge >= 0.3 is 0 Å². The van der Waals surface area contributed by atoms with Crippen LogP contribution in [0.15, 0.2) is 12.4 Å². The van der Waals surface area contributed by atoms with E-state index in [4.69, 9.17) is 0 Å². The molecule has 212 valence electrons. The molecule has 0 aliphatic rings. The molecule has 0 aromatic carbocycles. The van der Waals surface area contributed by atoms with E-state index in [1.807, 2.05) is 0 Å². The molecule has 2 heteroatoms. The van der Waals surface area contributed by atoms with Crippen LogP contribution in [0, 0.1) is 5.92 Å². The second kappa shape index (κ2) is 24.5. The molecule has 1 N–H and O–H groups in total. The molecule has 1 aromatic heterocycles. The number of aryl methyl sites for hydroxylation is 1. The first kappa shape index (κ1) is 33.2. The first-order valence-electron chi connectivity index (χ1n) is 16.7. The maximum absolute atomic E-state index is 3.54. The van der Waals surface area contributed by atoms with E-state index >= 15 is 0 Å². The molecule has 1 unspecified atom stereocenters. The van der Waals surface area contributed by atoms with Crippen LogP contribution >= 0.6 is 0 Å². The minimum Gasteiger partial charge on any atom is -0.248 e. The van der Waals surface area contributed by atoms with Crippen molar-refractivity contribution in [2.75, 3.05) is 0 Å². The number of hydrogen-bond acceptors (Lipinski definition) is 0. The van der Waals surface area contributed by atoms with Crippen LogP contribution in [0.2, 0.25) is 0 Å². The van der Waals surface area contributed by atoms with Gasteiger partial charge < -0.3 is 0 Å². The Balaban J connectivity index is 1.95. The summed E-state index contributed by atoms with van der Waals surface area (Å²) in [6.07, 6.45) is 39.9. The molecule has 0 aliphatic heterocycles. The van der Waals surface area contributed by atoms with Crippen LogP contribution in [0.4, 0.5) is 0 Å². The third kappa shape index (κ3) is 19.3. The molecule has 1 heterocycles. The molecule has 0 saturated heterocycles. The van der Waals surface area contributed by atoms with Crippen molar-refractivity contribution in [1.29, 1.82) is 0 Å². The Hall–Kier alpha value is -0.790. The molecular weight excluding hydrogens is 436 g/mol. The molecular formula is C34H67N2+. The Morgan fingerprint density at radius 3 is 1.44 bits per heavy atom. The summed E-state index contributed by atoms with van der Waals surface area (Å²) in [5.74, 6) is 2.32. The highest BCUT2D eigenvalue weighted by molar-refractivity contribution is 4.78. The van der Waals surface area contributed by atoms with Gasteiger partial charge in [0.05, 0.1) is 6.04 Å². The highest BCUT2D eigenvalue weighted by Gasteiger charge is 2.16. The van der Waals surface area contributed by atoms with Crippen molar-refractivity contribution < 1.29 is 4.57 Å². The number of aromatic nitrogens is 2. The van der Waals surface area contributed by atoms with E-state index in [0.717, 1.165) is 5.92 Å². The van der Waals surface area contributed by atoms with Gasteiger partial charge in [-0.25, -0.2) is 9.55 Å². The van der Waals surface area contributed by atoms with Crippen LogP contribution in [-0.4, -0.2) is 4.98 Å². The summed E-state index contributed by atoms with van der Waals surface area (Å²) in [5.41, 5.74) is 0. The largest absolute Gasteiger partial charge is 0.254 e. The second-order valence-corrected chi connectivity index (χ2v) is 12.3. The van der Waals surface area contributed by atoms with Crippen molar-refractivity contribution in [3.8, 4) is 0 Å². The van der Waals surface area contributed by atoms with Crippen molar-refractivity contribution in [1.82, 2.24) is 4.98 Å². The highest BCUT2D eigenvalue weighted by Crippen LogP contribution is 2.16. The summed E-state index contributed by atoms with van der Waals surface area (Å²) >= 11 is 0. The van der Waals surface area contributed by atoms with Crippen LogP contribution < -0.4 is 4.57 Å². The van der Waals surface area contributed by atoms with E-state index < -0.39 is 0 Å². The standard InChI is InChI=1S/C34H66N2/c1-5-6-7-8-9-10-11-12-13-14-15-19-22-25-28-33(4)36-31-30-35-34(36)29-26-23-20-17-16-18-21-24-27-32(2)3/h30-33H,5-29H2,1-4H3/p+1. The van der Waals surface area contributed by atoms with Gasteiger partial charge in [0.15, 0.2) is 0 Å². The van der Waals surface area contributed by atoms with Gasteiger partial charge in [-0.2, -0.15) is 0 Å². The zero-order valence-electron chi connectivity index (χ0n) is 25.4. The average molecular weight is 504 g/mol. The maximum atomic E-state index is 3.54. The third-order valence-electron chi connectivity index (χ3n) is 8.19. The van der Waals surface area contributed by atoms with Gasteiger partial charge in [0.1, 0.15) is 12.4 Å². The summed E-state index contributed by atoms with van der Waals surface area (Å²) in [7, 11) is 0. The Morgan fingerprint density at radius 2 is 0.972 bits per heavy atom. The van der Waals surface area contributed by atoms with Gasteiger partial charge in [0.25, 0.3) is 5.82 Å². The molecule has 36 heavy (non-hydrogen) atoms. The van der Waals surface area contributed by atoms with Gasteiger partial charge in [-0.1, -0.05) is 156 Å². The zero-order valence-corrected chi connectivity index (χ0v) is 25.4. The smallest absolute Gasteiger partial charge is 0.248 e. The fourth-order valence-corrected chi connectivity index (χ4v) is 5.67. The van der Waals surface area contributed by atoms with Crippen LogP contribution in [-0.2, 0) is 6.42 Å². The predicted octanol–water partition coefficient (Wildman–Crippen LogP) is 11.4. The van der Waals surface area contributed by atoms with Crippen molar-refractivity contribution in [3.63, 3.8) is 0 Å².